The minimum absolute atomic E-state index is 0.653. The second-order valence-corrected chi connectivity index (χ2v) is 33.2. The summed E-state index contributed by atoms with van der Waals surface area (Å²) in [6.45, 7) is 79.6. The molecule has 7 fully saturated rings. The van der Waals surface area contributed by atoms with Crippen LogP contribution in [0.25, 0.3) is 0 Å². The average molecular weight is 1190 g/mol. The van der Waals surface area contributed by atoms with Crippen molar-refractivity contribution in [2.45, 2.75) is 351 Å². The molecule has 7 nitrogen and oxygen atoms in total. The summed E-state index contributed by atoms with van der Waals surface area (Å²) in [4.78, 5) is 15.7. The van der Waals surface area contributed by atoms with E-state index in [4.69, 9.17) is 0 Å². The first-order chi connectivity index (χ1) is 39.2. The van der Waals surface area contributed by atoms with Crippen molar-refractivity contribution in [3.63, 3.8) is 0 Å². The second-order valence-electron chi connectivity index (χ2n) is 33.2. The Morgan fingerprint density at radius 3 is 0.833 bits per heavy atom. The van der Waals surface area contributed by atoms with Gasteiger partial charge in [0.1, 0.15) is 0 Å². The molecule has 7 aliphatic rings. The molecule has 0 aromatic rings. The van der Waals surface area contributed by atoms with Gasteiger partial charge in [-0.3, -0.25) is 4.90 Å². The van der Waals surface area contributed by atoms with Crippen LogP contribution in [0.3, 0.4) is 0 Å². The minimum Gasteiger partial charge on any atom is -0.312 e. The van der Waals surface area contributed by atoms with Gasteiger partial charge in [-0.25, -0.2) is 0 Å². The van der Waals surface area contributed by atoms with Crippen molar-refractivity contribution in [3.8, 4) is 0 Å². The molecule has 6 aliphatic heterocycles. The van der Waals surface area contributed by atoms with Crippen LogP contribution in [0.5, 0.6) is 0 Å². The molecule has 0 amide bonds. The third-order valence-corrected chi connectivity index (χ3v) is 21.9. The van der Waals surface area contributed by atoms with Gasteiger partial charge in [-0.05, 0) is 315 Å². The zero-order valence-corrected chi connectivity index (χ0v) is 63.0. The fraction of sp³-hybridized carbons (Fsp3) is 1.00. The molecule has 504 valence electrons. The molecule has 7 rings (SSSR count). The van der Waals surface area contributed by atoms with E-state index in [-0.39, 0.29) is 0 Å². The smallest absolute Gasteiger partial charge is 0.0101 e. The summed E-state index contributed by atoms with van der Waals surface area (Å²) in [6, 6.07) is 6.81. The van der Waals surface area contributed by atoms with E-state index in [1.165, 1.54) is 175 Å². The first-order valence-electron chi connectivity index (χ1n) is 37.5. The maximum atomic E-state index is 3.64. The van der Waals surface area contributed by atoms with E-state index in [0.29, 0.717) is 6.04 Å². The van der Waals surface area contributed by atoms with Gasteiger partial charge in [-0.1, -0.05) is 111 Å². The lowest BCUT2D eigenvalue weighted by molar-refractivity contribution is 0.117. The first-order valence-corrected chi connectivity index (χ1v) is 37.5. The van der Waals surface area contributed by atoms with Crippen molar-refractivity contribution < 1.29 is 0 Å². The van der Waals surface area contributed by atoms with E-state index in [9.17, 15) is 0 Å². The zero-order valence-electron chi connectivity index (χ0n) is 63.0. The van der Waals surface area contributed by atoms with Crippen LogP contribution in [0, 0.1) is 76.9 Å². The fourth-order valence-electron chi connectivity index (χ4n) is 14.9. The third-order valence-electron chi connectivity index (χ3n) is 21.9. The molecule has 3 unspecified atom stereocenters. The highest BCUT2D eigenvalue weighted by Crippen LogP contribution is 2.32. The average Bonchev–Trinajstić information content (AvgIpc) is 4.15. The van der Waals surface area contributed by atoms with Crippen molar-refractivity contribution in [2.75, 3.05) is 72.0 Å². The van der Waals surface area contributed by atoms with Gasteiger partial charge in [0.05, 0.1) is 0 Å². The molecule has 0 aromatic carbocycles. The Labute approximate surface area is 532 Å². The van der Waals surface area contributed by atoms with Crippen LogP contribution >= 0.6 is 0 Å². The van der Waals surface area contributed by atoms with Gasteiger partial charge in [-0.2, -0.15) is 0 Å². The van der Waals surface area contributed by atoms with Crippen LogP contribution in [0.15, 0.2) is 0 Å². The van der Waals surface area contributed by atoms with Crippen LogP contribution in [-0.4, -0.2) is 156 Å². The Kier molecular flexibility index (Phi) is 43.1. The van der Waals surface area contributed by atoms with Crippen molar-refractivity contribution in [1.82, 2.24) is 34.7 Å². The number of nitrogens with one attached hydrogen (secondary N) is 1. The number of hydrogen-bond acceptors (Lipinski definition) is 7. The quantitative estimate of drug-likeness (QED) is 0.165. The van der Waals surface area contributed by atoms with Gasteiger partial charge in [0, 0.05) is 74.0 Å². The summed E-state index contributed by atoms with van der Waals surface area (Å²) in [5.74, 6) is 11.9. The Balaban J connectivity index is 0.000000490. The maximum Gasteiger partial charge on any atom is 0.0101 e. The SMILES string of the molecule is CC(C)C1CCCN(C(C)C)C1.CC(C)C1CCN(C(C)C)C1.CC(C)C1CCN(C(C)C)CC1.CC(C)C1CCN(C(C)C)CC1.CC(C)CC1CCCN1C(C)C.CC(C)NC1CCC(C(C)C)CC1.CC(C)[C@@H]1CCCN(C(C)C)C1. The summed E-state index contributed by atoms with van der Waals surface area (Å²) in [5.41, 5.74) is 0. The molecule has 4 atom stereocenters. The lowest BCUT2D eigenvalue weighted by Crippen LogP contribution is -2.41. The lowest BCUT2D eigenvalue weighted by atomic mass is 9.79. The topological polar surface area (TPSA) is 31.5 Å². The molecule has 7 heteroatoms. The summed E-state index contributed by atoms with van der Waals surface area (Å²) >= 11 is 0. The van der Waals surface area contributed by atoms with Crippen molar-refractivity contribution >= 4 is 0 Å². The number of piperidine rings is 4. The van der Waals surface area contributed by atoms with Gasteiger partial charge in [-0.15, -0.1) is 0 Å². The van der Waals surface area contributed by atoms with Crippen LogP contribution in [0.4, 0.5) is 0 Å². The predicted molar refractivity (Wildman–Crippen MR) is 380 cm³/mol. The predicted octanol–water partition coefficient (Wildman–Crippen LogP) is 19.5. The Hall–Kier alpha value is -0.280. The fourth-order valence-corrected chi connectivity index (χ4v) is 14.9. The van der Waals surface area contributed by atoms with E-state index in [2.05, 4.69) is 229 Å². The maximum absolute atomic E-state index is 3.64. The van der Waals surface area contributed by atoms with Crippen molar-refractivity contribution in [3.05, 3.63) is 0 Å². The van der Waals surface area contributed by atoms with Crippen LogP contribution < -0.4 is 5.32 Å². The molecule has 1 saturated carbocycles. The van der Waals surface area contributed by atoms with Gasteiger partial charge < -0.3 is 29.8 Å². The number of likely N-dealkylation sites (tertiary alicyclic amines) is 6. The minimum atomic E-state index is 0.653. The van der Waals surface area contributed by atoms with Gasteiger partial charge in [0.25, 0.3) is 0 Å². The highest BCUT2D eigenvalue weighted by atomic mass is 15.2. The molecule has 0 radical (unpaired) electrons. The largest absolute Gasteiger partial charge is 0.312 e. The number of rotatable bonds is 16. The van der Waals surface area contributed by atoms with E-state index in [1.807, 2.05) is 0 Å². The summed E-state index contributed by atoms with van der Waals surface area (Å²) in [6.07, 6.45) is 22.6. The normalized spacial score (nSPS) is 26.1. The third kappa shape index (κ3) is 34.2. The Morgan fingerprint density at radius 2 is 0.560 bits per heavy atom. The lowest BCUT2D eigenvalue weighted by Gasteiger charge is -2.37. The zero-order chi connectivity index (χ0) is 64.0. The Morgan fingerprint density at radius 1 is 0.274 bits per heavy atom. The van der Waals surface area contributed by atoms with Crippen LogP contribution in [-0.2, 0) is 0 Å². The number of nitrogens with zero attached hydrogens (tertiary/aromatic N) is 6. The summed E-state index contributed by atoms with van der Waals surface area (Å²) in [5, 5.41) is 3.64. The highest BCUT2D eigenvalue weighted by Gasteiger charge is 2.30. The van der Waals surface area contributed by atoms with Gasteiger partial charge >= 0.3 is 0 Å². The molecule has 1 aliphatic carbocycles. The van der Waals surface area contributed by atoms with E-state index >= 15 is 0 Å². The molecule has 6 heterocycles. The van der Waals surface area contributed by atoms with Crippen molar-refractivity contribution in [2.24, 2.45) is 76.9 Å². The molecule has 84 heavy (non-hydrogen) atoms. The molecular formula is C77H161N7. The molecule has 1 N–H and O–H groups in total. The van der Waals surface area contributed by atoms with E-state index < -0.39 is 0 Å². The Bertz CT molecular complexity index is 1370. The first kappa shape index (κ1) is 81.7. The van der Waals surface area contributed by atoms with Crippen LogP contribution in [0.2, 0.25) is 0 Å². The molecular weight excluding hydrogens is 1020 g/mol. The molecule has 6 saturated heterocycles. The van der Waals surface area contributed by atoms with Crippen molar-refractivity contribution in [1.29, 1.82) is 0 Å². The summed E-state index contributed by atoms with van der Waals surface area (Å²) < 4.78 is 0. The monoisotopic (exact) mass is 1180 g/mol. The van der Waals surface area contributed by atoms with E-state index in [1.54, 1.807) is 0 Å². The standard InChI is InChI=1S/C12H25N.5C11H23N.C10H21N/c1-9(2)11-5-7-12(8-6-11)13-10(3)4;2*1-9(2)11-5-7-12(8-6-11)10(3)4;2*1-9(2)11-6-5-7-12(8-11)10(3)4;1-9(2)8-11-6-5-7-12(11)10(3)4;1-8(2)10-5-6-11(7-10)9(3)4/h9-13H,5-8H2,1-4H3;5*9-11H,5-8H2,1-4H3;8-10H,5-7H2,1-4H3/t;;;11-;;;/m...1.../s1. The van der Waals surface area contributed by atoms with Gasteiger partial charge in [0.15, 0.2) is 0 Å². The summed E-state index contributed by atoms with van der Waals surface area (Å²) in [7, 11) is 0. The number of hydrogen-bond donors (Lipinski definition) is 1. The molecule has 0 spiro atoms. The molecule has 0 bridgehead atoms. The second kappa shape index (κ2) is 44.3. The van der Waals surface area contributed by atoms with Gasteiger partial charge in [0.2, 0.25) is 0 Å². The van der Waals surface area contributed by atoms with Crippen LogP contribution in [0.1, 0.15) is 297 Å². The molecule has 0 aromatic heterocycles. The highest BCUT2D eigenvalue weighted by molar-refractivity contribution is 4.84. The van der Waals surface area contributed by atoms with E-state index in [0.717, 1.165) is 125 Å².